The third kappa shape index (κ3) is 2.53. The molecule has 0 bridgehead atoms. The van der Waals surface area contributed by atoms with Crippen LogP contribution in [0, 0.1) is 0 Å². The highest BCUT2D eigenvalue weighted by Crippen LogP contribution is 2.29. The minimum absolute atomic E-state index is 0.587. The molecule has 1 saturated heterocycles. The second-order valence-electron chi connectivity index (χ2n) is 4.71. The normalized spacial score (nSPS) is 19.2. The molecule has 1 fully saturated rings. The molecular formula is C13H16N2O2S. The summed E-state index contributed by atoms with van der Waals surface area (Å²) < 4.78 is 5.63. The van der Waals surface area contributed by atoms with Crippen molar-refractivity contribution in [3.05, 3.63) is 24.3 Å². The first kappa shape index (κ1) is 12.0. The maximum atomic E-state index is 10.4. The number of hydrogen-bond donors (Lipinski definition) is 2. The molecule has 2 aromatic rings. The summed E-state index contributed by atoms with van der Waals surface area (Å²) in [6, 6.07) is 7.72. The number of nitrogens with one attached hydrogen (secondary N) is 1. The Bertz CT molecular complexity index is 502. The third-order valence-corrected chi connectivity index (χ3v) is 4.38. The highest BCUT2D eigenvalue weighted by Gasteiger charge is 2.29. The topological polar surface area (TPSA) is 58.3 Å². The lowest BCUT2D eigenvalue weighted by atomic mass is 9.95. The van der Waals surface area contributed by atoms with Crippen LogP contribution in [0.3, 0.4) is 0 Å². The molecule has 0 atom stereocenters. The van der Waals surface area contributed by atoms with Gasteiger partial charge in [-0.25, -0.2) is 4.98 Å². The number of aliphatic hydroxyl groups is 1. The smallest absolute Gasteiger partial charge is 0.256 e. The van der Waals surface area contributed by atoms with Gasteiger partial charge in [0, 0.05) is 5.75 Å². The zero-order valence-electron chi connectivity index (χ0n) is 10.1. The zero-order chi connectivity index (χ0) is 12.4. The fraction of sp³-hybridized carbons (Fsp3) is 0.462. The van der Waals surface area contributed by atoms with Crippen molar-refractivity contribution in [1.29, 1.82) is 0 Å². The molecule has 5 heteroatoms. The van der Waals surface area contributed by atoms with E-state index in [9.17, 15) is 5.11 Å². The van der Waals surface area contributed by atoms with E-state index in [1.54, 1.807) is 0 Å². The number of para-hydroxylation sites is 2. The number of benzene rings is 1. The molecule has 4 nitrogen and oxygen atoms in total. The van der Waals surface area contributed by atoms with E-state index >= 15 is 0 Å². The average molecular weight is 264 g/mol. The molecule has 0 aliphatic carbocycles. The predicted molar refractivity (Wildman–Crippen MR) is 71.8 cm³/mol. The first-order valence-electron chi connectivity index (χ1n) is 6.17. The van der Waals surface area contributed by atoms with E-state index in [0.717, 1.165) is 37.0 Å². The van der Waals surface area contributed by atoms with Crippen LogP contribution in [-0.2, 0) is 0 Å². The van der Waals surface area contributed by atoms with Gasteiger partial charge in [0.05, 0.1) is 5.60 Å². The molecule has 1 aromatic heterocycles. The lowest BCUT2D eigenvalue weighted by Gasteiger charge is -2.31. The second kappa shape index (κ2) is 4.91. The molecule has 0 saturated carbocycles. The van der Waals surface area contributed by atoms with Gasteiger partial charge in [-0.2, -0.15) is 0 Å². The van der Waals surface area contributed by atoms with Crippen molar-refractivity contribution in [2.75, 3.05) is 18.8 Å². The number of fused-ring (bicyclic) bond motifs is 1. The Hall–Kier alpha value is -1.04. The van der Waals surface area contributed by atoms with Gasteiger partial charge >= 0.3 is 0 Å². The van der Waals surface area contributed by atoms with Crippen LogP contribution in [-0.4, -0.2) is 34.5 Å². The van der Waals surface area contributed by atoms with Gasteiger partial charge in [-0.1, -0.05) is 23.9 Å². The van der Waals surface area contributed by atoms with Crippen LogP contribution in [0.2, 0.25) is 0 Å². The van der Waals surface area contributed by atoms with Crippen molar-refractivity contribution in [2.45, 2.75) is 23.7 Å². The minimum atomic E-state index is -0.587. The fourth-order valence-electron chi connectivity index (χ4n) is 2.15. The van der Waals surface area contributed by atoms with E-state index in [0.29, 0.717) is 11.0 Å². The van der Waals surface area contributed by atoms with Gasteiger partial charge in [0.15, 0.2) is 5.58 Å². The molecule has 0 radical (unpaired) electrons. The lowest BCUT2D eigenvalue weighted by molar-refractivity contribution is 0.0337. The minimum Gasteiger partial charge on any atom is -0.431 e. The van der Waals surface area contributed by atoms with Crippen molar-refractivity contribution in [1.82, 2.24) is 10.3 Å². The Labute approximate surface area is 110 Å². The van der Waals surface area contributed by atoms with Gasteiger partial charge in [0.1, 0.15) is 5.52 Å². The van der Waals surface area contributed by atoms with Crippen LogP contribution in [0.5, 0.6) is 0 Å². The van der Waals surface area contributed by atoms with Gasteiger partial charge in [-0.3, -0.25) is 0 Å². The summed E-state index contributed by atoms with van der Waals surface area (Å²) in [7, 11) is 0. The van der Waals surface area contributed by atoms with Crippen LogP contribution in [0.1, 0.15) is 12.8 Å². The maximum Gasteiger partial charge on any atom is 0.256 e. The fourth-order valence-corrected chi connectivity index (χ4v) is 3.14. The van der Waals surface area contributed by atoms with E-state index in [4.69, 9.17) is 4.42 Å². The number of hydrogen-bond acceptors (Lipinski definition) is 5. The number of rotatable bonds is 3. The Morgan fingerprint density at radius 2 is 2.11 bits per heavy atom. The highest BCUT2D eigenvalue weighted by atomic mass is 32.2. The monoisotopic (exact) mass is 264 g/mol. The predicted octanol–water partition coefficient (Wildman–Crippen LogP) is 2.03. The molecule has 2 N–H and O–H groups in total. The van der Waals surface area contributed by atoms with E-state index in [1.807, 2.05) is 24.3 Å². The Morgan fingerprint density at radius 1 is 1.33 bits per heavy atom. The standard InChI is InChI=1S/C13H16N2O2S/c16-13(5-7-14-8-6-13)9-18-12-15-10-3-1-2-4-11(10)17-12/h1-4,14,16H,5-9H2. The summed E-state index contributed by atoms with van der Waals surface area (Å²) >= 11 is 1.50. The summed E-state index contributed by atoms with van der Waals surface area (Å²) in [6.07, 6.45) is 1.58. The number of piperidine rings is 1. The summed E-state index contributed by atoms with van der Waals surface area (Å²) in [5.74, 6) is 0.640. The van der Waals surface area contributed by atoms with E-state index in [2.05, 4.69) is 10.3 Å². The zero-order valence-corrected chi connectivity index (χ0v) is 10.9. The van der Waals surface area contributed by atoms with Crippen molar-refractivity contribution in [3.63, 3.8) is 0 Å². The van der Waals surface area contributed by atoms with Gasteiger partial charge < -0.3 is 14.8 Å². The van der Waals surface area contributed by atoms with Crippen molar-refractivity contribution in [2.24, 2.45) is 0 Å². The Balaban J connectivity index is 1.69. The largest absolute Gasteiger partial charge is 0.431 e. The molecule has 1 aliphatic rings. The van der Waals surface area contributed by atoms with Crippen LogP contribution >= 0.6 is 11.8 Å². The average Bonchev–Trinajstić information content (AvgIpc) is 2.80. The van der Waals surface area contributed by atoms with Gasteiger partial charge in [-0.15, -0.1) is 0 Å². The first-order chi connectivity index (χ1) is 8.75. The van der Waals surface area contributed by atoms with Crippen LogP contribution in [0.4, 0.5) is 0 Å². The number of oxazole rings is 1. The molecule has 18 heavy (non-hydrogen) atoms. The molecule has 2 heterocycles. The van der Waals surface area contributed by atoms with Crippen molar-refractivity contribution in [3.8, 4) is 0 Å². The summed E-state index contributed by atoms with van der Waals surface area (Å²) in [4.78, 5) is 4.40. The SMILES string of the molecule is OC1(CSc2nc3ccccc3o2)CCNCC1. The van der Waals surface area contributed by atoms with Gasteiger partial charge in [0.2, 0.25) is 0 Å². The van der Waals surface area contributed by atoms with E-state index in [1.165, 1.54) is 11.8 Å². The third-order valence-electron chi connectivity index (χ3n) is 3.27. The number of thioether (sulfide) groups is 1. The Kier molecular flexibility index (Phi) is 3.28. The number of aromatic nitrogens is 1. The molecule has 1 aliphatic heterocycles. The van der Waals surface area contributed by atoms with Gasteiger partial charge in [0.25, 0.3) is 5.22 Å². The number of nitrogens with zero attached hydrogens (tertiary/aromatic N) is 1. The highest BCUT2D eigenvalue weighted by molar-refractivity contribution is 7.99. The maximum absolute atomic E-state index is 10.4. The lowest BCUT2D eigenvalue weighted by Crippen LogP contribution is -2.43. The Morgan fingerprint density at radius 3 is 2.89 bits per heavy atom. The molecule has 0 spiro atoms. The molecular weight excluding hydrogens is 248 g/mol. The van der Waals surface area contributed by atoms with E-state index < -0.39 is 5.60 Å². The molecule has 0 unspecified atom stereocenters. The van der Waals surface area contributed by atoms with Crippen molar-refractivity contribution < 1.29 is 9.52 Å². The van der Waals surface area contributed by atoms with Crippen LogP contribution in [0.15, 0.2) is 33.9 Å². The van der Waals surface area contributed by atoms with E-state index in [-0.39, 0.29) is 0 Å². The second-order valence-corrected chi connectivity index (χ2v) is 5.64. The first-order valence-corrected chi connectivity index (χ1v) is 7.15. The summed E-state index contributed by atoms with van der Waals surface area (Å²) in [6.45, 7) is 1.76. The molecule has 1 aromatic carbocycles. The molecule has 3 rings (SSSR count). The summed E-state index contributed by atoms with van der Waals surface area (Å²) in [5.41, 5.74) is 1.09. The quantitative estimate of drug-likeness (QED) is 0.831. The molecule has 96 valence electrons. The van der Waals surface area contributed by atoms with Crippen LogP contribution in [0.25, 0.3) is 11.1 Å². The molecule has 0 amide bonds. The summed E-state index contributed by atoms with van der Waals surface area (Å²) in [5, 5.41) is 14.3. The van der Waals surface area contributed by atoms with Crippen LogP contribution < -0.4 is 5.32 Å². The van der Waals surface area contributed by atoms with Crippen molar-refractivity contribution >= 4 is 22.9 Å². The van der Waals surface area contributed by atoms with Gasteiger partial charge in [-0.05, 0) is 38.1 Å².